The van der Waals surface area contributed by atoms with Crippen molar-refractivity contribution in [3.8, 4) is 5.75 Å². The van der Waals surface area contributed by atoms with Crippen LogP contribution >= 0.6 is 0 Å². The minimum Gasteiger partial charge on any atom is -0.491 e. The van der Waals surface area contributed by atoms with Crippen molar-refractivity contribution >= 4 is 5.91 Å². The average molecular weight is 397 g/mol. The van der Waals surface area contributed by atoms with Gasteiger partial charge in [0.1, 0.15) is 12.4 Å². The molecule has 1 N–H and O–H groups in total. The monoisotopic (exact) mass is 396 g/mol. The molecule has 5 nitrogen and oxygen atoms in total. The minimum absolute atomic E-state index is 0.103. The highest BCUT2D eigenvalue weighted by Gasteiger charge is 2.16. The van der Waals surface area contributed by atoms with E-state index in [0.29, 0.717) is 31.1 Å². The van der Waals surface area contributed by atoms with Crippen LogP contribution in [0, 0.1) is 5.92 Å². The molecular formula is C24H32N2O3. The first-order valence-electron chi connectivity index (χ1n) is 10.4. The SMILES string of the molecule is COCCOc1cccc(C(=O)NCc2ccc(CN3CCCC(C)C3)cc2)c1. The molecule has 3 rings (SSSR count). The fourth-order valence-electron chi connectivity index (χ4n) is 3.71. The lowest BCUT2D eigenvalue weighted by atomic mass is 9.99. The third-order valence-electron chi connectivity index (χ3n) is 5.28. The van der Waals surface area contributed by atoms with Crippen molar-refractivity contribution in [1.29, 1.82) is 0 Å². The van der Waals surface area contributed by atoms with E-state index >= 15 is 0 Å². The number of piperidine rings is 1. The molecule has 1 unspecified atom stereocenters. The predicted molar refractivity (Wildman–Crippen MR) is 115 cm³/mol. The van der Waals surface area contributed by atoms with Crippen molar-refractivity contribution in [3.05, 3.63) is 65.2 Å². The smallest absolute Gasteiger partial charge is 0.251 e. The van der Waals surface area contributed by atoms with Crippen molar-refractivity contribution in [2.45, 2.75) is 32.9 Å². The van der Waals surface area contributed by atoms with E-state index in [1.165, 1.54) is 31.5 Å². The van der Waals surface area contributed by atoms with Crippen molar-refractivity contribution < 1.29 is 14.3 Å². The van der Waals surface area contributed by atoms with Gasteiger partial charge in [-0.2, -0.15) is 0 Å². The number of benzene rings is 2. The highest BCUT2D eigenvalue weighted by atomic mass is 16.5. The lowest BCUT2D eigenvalue weighted by Gasteiger charge is -2.30. The number of hydrogen-bond acceptors (Lipinski definition) is 4. The molecule has 1 fully saturated rings. The molecule has 0 aromatic heterocycles. The molecule has 0 saturated carbocycles. The van der Waals surface area contributed by atoms with E-state index in [-0.39, 0.29) is 5.91 Å². The zero-order chi connectivity index (χ0) is 20.5. The molecule has 1 amide bonds. The minimum atomic E-state index is -0.103. The molecule has 2 aromatic rings. The fourth-order valence-corrected chi connectivity index (χ4v) is 3.71. The number of nitrogens with zero attached hydrogens (tertiary/aromatic N) is 1. The Morgan fingerprint density at radius 1 is 1.14 bits per heavy atom. The molecule has 5 heteroatoms. The Balaban J connectivity index is 1.48. The third-order valence-corrected chi connectivity index (χ3v) is 5.28. The Kier molecular flexibility index (Phi) is 8.08. The Labute approximate surface area is 174 Å². The third kappa shape index (κ3) is 6.87. The number of methoxy groups -OCH3 is 1. The summed E-state index contributed by atoms with van der Waals surface area (Å²) in [4.78, 5) is 15.0. The van der Waals surface area contributed by atoms with Crippen molar-refractivity contribution in [2.75, 3.05) is 33.4 Å². The van der Waals surface area contributed by atoms with Gasteiger partial charge in [0.15, 0.2) is 0 Å². The van der Waals surface area contributed by atoms with Gasteiger partial charge in [-0.3, -0.25) is 9.69 Å². The van der Waals surface area contributed by atoms with E-state index in [4.69, 9.17) is 9.47 Å². The van der Waals surface area contributed by atoms with Crippen molar-refractivity contribution in [1.82, 2.24) is 10.2 Å². The number of hydrogen-bond donors (Lipinski definition) is 1. The first-order valence-corrected chi connectivity index (χ1v) is 10.4. The molecule has 0 aliphatic carbocycles. The lowest BCUT2D eigenvalue weighted by Crippen LogP contribution is -2.33. The summed E-state index contributed by atoms with van der Waals surface area (Å²) < 4.78 is 10.6. The summed E-state index contributed by atoms with van der Waals surface area (Å²) in [6.07, 6.45) is 2.64. The van der Waals surface area contributed by atoms with Gasteiger partial charge < -0.3 is 14.8 Å². The maximum absolute atomic E-state index is 12.5. The van der Waals surface area contributed by atoms with E-state index in [2.05, 4.69) is 41.4 Å². The van der Waals surface area contributed by atoms with Crippen LogP contribution in [0.1, 0.15) is 41.3 Å². The largest absolute Gasteiger partial charge is 0.491 e. The number of likely N-dealkylation sites (tertiary alicyclic amines) is 1. The summed E-state index contributed by atoms with van der Waals surface area (Å²) in [5.74, 6) is 1.36. The Bertz CT molecular complexity index is 776. The van der Waals surface area contributed by atoms with Gasteiger partial charge in [-0.25, -0.2) is 0 Å². The molecule has 1 saturated heterocycles. The number of nitrogens with one attached hydrogen (secondary N) is 1. The van der Waals surface area contributed by atoms with Crippen LogP contribution < -0.4 is 10.1 Å². The Morgan fingerprint density at radius 2 is 1.93 bits per heavy atom. The average Bonchev–Trinajstić information content (AvgIpc) is 2.73. The molecule has 0 radical (unpaired) electrons. The second kappa shape index (κ2) is 11.0. The Hall–Kier alpha value is -2.37. The van der Waals surface area contributed by atoms with Crippen molar-refractivity contribution in [2.24, 2.45) is 5.92 Å². The van der Waals surface area contributed by atoms with E-state index in [0.717, 1.165) is 18.0 Å². The Morgan fingerprint density at radius 3 is 2.69 bits per heavy atom. The van der Waals surface area contributed by atoms with Crippen LogP contribution in [0.3, 0.4) is 0 Å². The molecule has 2 aromatic carbocycles. The first kappa shape index (κ1) is 21.3. The van der Waals surface area contributed by atoms with Crippen LogP contribution in [-0.2, 0) is 17.8 Å². The summed E-state index contributed by atoms with van der Waals surface area (Å²) in [7, 11) is 1.63. The standard InChI is InChI=1S/C24H32N2O3/c1-19-5-4-12-26(17-19)18-21-10-8-20(9-11-21)16-25-24(27)22-6-3-7-23(15-22)29-14-13-28-2/h3,6-11,15,19H,4-5,12-14,16-18H2,1-2H3,(H,25,27). The molecule has 1 aliphatic rings. The number of carbonyl (C=O) groups is 1. The van der Waals surface area contributed by atoms with Gasteiger partial charge >= 0.3 is 0 Å². The van der Waals surface area contributed by atoms with Gasteiger partial charge in [0.05, 0.1) is 6.61 Å². The zero-order valence-electron chi connectivity index (χ0n) is 17.5. The maximum Gasteiger partial charge on any atom is 0.251 e. The van der Waals surface area contributed by atoms with E-state index in [1.807, 2.05) is 12.1 Å². The summed E-state index contributed by atoms with van der Waals surface area (Å²) in [6, 6.07) is 15.8. The van der Waals surface area contributed by atoms with Gasteiger partial charge in [-0.15, -0.1) is 0 Å². The van der Waals surface area contributed by atoms with Crippen LogP contribution in [0.5, 0.6) is 5.75 Å². The normalized spacial score (nSPS) is 17.1. The van der Waals surface area contributed by atoms with Gasteiger partial charge in [0, 0.05) is 32.3 Å². The molecule has 1 aliphatic heterocycles. The number of amides is 1. The van der Waals surface area contributed by atoms with Crippen LogP contribution in [0.15, 0.2) is 48.5 Å². The van der Waals surface area contributed by atoms with Gasteiger partial charge in [-0.05, 0) is 54.6 Å². The van der Waals surface area contributed by atoms with E-state index in [1.54, 1.807) is 19.2 Å². The van der Waals surface area contributed by atoms with Gasteiger partial charge in [-0.1, -0.05) is 37.3 Å². The topological polar surface area (TPSA) is 50.8 Å². The molecule has 156 valence electrons. The predicted octanol–water partition coefficient (Wildman–Crippen LogP) is 3.87. The molecule has 0 spiro atoms. The van der Waals surface area contributed by atoms with E-state index in [9.17, 15) is 4.79 Å². The van der Waals surface area contributed by atoms with Crippen molar-refractivity contribution in [3.63, 3.8) is 0 Å². The molecule has 29 heavy (non-hydrogen) atoms. The highest BCUT2D eigenvalue weighted by molar-refractivity contribution is 5.94. The molecular weight excluding hydrogens is 364 g/mol. The molecule has 1 atom stereocenters. The fraction of sp³-hybridized carbons (Fsp3) is 0.458. The van der Waals surface area contributed by atoms with Crippen LogP contribution in [0.2, 0.25) is 0 Å². The number of carbonyl (C=O) groups excluding carboxylic acids is 1. The van der Waals surface area contributed by atoms with Gasteiger partial charge in [0.25, 0.3) is 5.91 Å². The second-order valence-corrected chi connectivity index (χ2v) is 7.85. The summed E-state index contributed by atoms with van der Waals surface area (Å²) in [6.45, 7) is 7.21. The lowest BCUT2D eigenvalue weighted by molar-refractivity contribution is 0.0950. The zero-order valence-corrected chi connectivity index (χ0v) is 17.5. The molecule has 1 heterocycles. The van der Waals surface area contributed by atoms with Gasteiger partial charge in [0.2, 0.25) is 0 Å². The van der Waals surface area contributed by atoms with E-state index < -0.39 is 0 Å². The number of rotatable bonds is 9. The molecule has 0 bridgehead atoms. The summed E-state index contributed by atoms with van der Waals surface area (Å²) >= 11 is 0. The van der Waals surface area contributed by atoms with Crippen LogP contribution in [0.4, 0.5) is 0 Å². The summed E-state index contributed by atoms with van der Waals surface area (Å²) in [5.41, 5.74) is 3.02. The second-order valence-electron chi connectivity index (χ2n) is 7.85. The van der Waals surface area contributed by atoms with Crippen LogP contribution in [-0.4, -0.2) is 44.2 Å². The quantitative estimate of drug-likeness (QED) is 0.654. The summed E-state index contributed by atoms with van der Waals surface area (Å²) in [5, 5.41) is 2.99. The number of ether oxygens (including phenoxy) is 2. The highest BCUT2D eigenvalue weighted by Crippen LogP contribution is 2.18. The maximum atomic E-state index is 12.5. The first-order chi connectivity index (χ1) is 14.1. The van der Waals surface area contributed by atoms with Crippen LogP contribution in [0.25, 0.3) is 0 Å².